The number of nitrogens with one attached hydrogen (secondary N) is 1. The van der Waals surface area contributed by atoms with Crippen LogP contribution in [0.5, 0.6) is 5.75 Å². The van der Waals surface area contributed by atoms with Gasteiger partial charge in [0.2, 0.25) is 0 Å². The number of ether oxygens (including phenoxy) is 1. The first-order chi connectivity index (χ1) is 13.4. The topological polar surface area (TPSA) is 90.3 Å². The van der Waals surface area contributed by atoms with E-state index in [0.717, 1.165) is 41.9 Å². The number of hydrogen-bond donors (Lipinski definition) is 1. The van der Waals surface area contributed by atoms with Crippen molar-refractivity contribution < 1.29 is 14.3 Å². The monoisotopic (exact) mass is 401 g/mol. The van der Waals surface area contributed by atoms with Crippen molar-refractivity contribution in [3.8, 4) is 5.75 Å². The number of rotatable bonds is 6. The number of nitrogens with zero attached hydrogens (tertiary/aromatic N) is 2. The molecule has 2 aromatic rings. The van der Waals surface area contributed by atoms with Crippen molar-refractivity contribution in [2.75, 3.05) is 6.61 Å². The van der Waals surface area contributed by atoms with Gasteiger partial charge < -0.3 is 4.74 Å². The molecule has 1 aliphatic heterocycles. The minimum atomic E-state index is -0.375. The van der Waals surface area contributed by atoms with Crippen molar-refractivity contribution in [3.05, 3.63) is 69.8 Å². The Labute approximate surface area is 167 Å². The van der Waals surface area contributed by atoms with Gasteiger partial charge in [-0.15, -0.1) is 0 Å². The van der Waals surface area contributed by atoms with E-state index in [2.05, 4.69) is 23.8 Å². The van der Waals surface area contributed by atoms with E-state index in [9.17, 15) is 14.4 Å². The zero-order valence-electron chi connectivity index (χ0n) is 15.9. The SMILES string of the molecule is C=C1SC(=O)NC1=O.CCCc1nc(C)cc(=O)n1CCOc1ccccc1. The second-order valence-electron chi connectivity index (χ2n) is 5.98. The van der Waals surface area contributed by atoms with Gasteiger partial charge in [0.25, 0.3) is 16.7 Å². The van der Waals surface area contributed by atoms with Gasteiger partial charge in [0.1, 0.15) is 18.2 Å². The van der Waals surface area contributed by atoms with E-state index in [4.69, 9.17) is 4.74 Å². The van der Waals surface area contributed by atoms with Gasteiger partial charge in [0, 0.05) is 18.2 Å². The molecule has 1 aromatic carbocycles. The van der Waals surface area contributed by atoms with Crippen molar-refractivity contribution in [1.82, 2.24) is 14.9 Å². The average molecular weight is 401 g/mol. The summed E-state index contributed by atoms with van der Waals surface area (Å²) in [7, 11) is 0. The lowest BCUT2D eigenvalue weighted by Crippen LogP contribution is -2.27. The Bertz CT molecular complexity index is 891. The Morgan fingerprint density at radius 2 is 1.93 bits per heavy atom. The van der Waals surface area contributed by atoms with E-state index in [1.165, 1.54) is 0 Å². The van der Waals surface area contributed by atoms with Crippen LogP contribution in [0.4, 0.5) is 4.79 Å². The lowest BCUT2D eigenvalue weighted by molar-refractivity contribution is -0.115. The molecule has 0 bridgehead atoms. The van der Waals surface area contributed by atoms with Gasteiger partial charge in [-0.05, 0) is 37.2 Å². The number of aromatic nitrogens is 2. The van der Waals surface area contributed by atoms with Crippen LogP contribution in [0.2, 0.25) is 0 Å². The maximum absolute atomic E-state index is 12.0. The van der Waals surface area contributed by atoms with Gasteiger partial charge in [-0.25, -0.2) is 4.98 Å². The summed E-state index contributed by atoms with van der Waals surface area (Å²) in [5, 5.41) is 1.72. The molecule has 0 radical (unpaired) electrons. The molecule has 0 atom stereocenters. The van der Waals surface area contributed by atoms with Crippen LogP contribution >= 0.6 is 11.8 Å². The number of aryl methyl sites for hydroxylation is 2. The van der Waals surface area contributed by atoms with Crippen LogP contribution in [-0.2, 0) is 17.8 Å². The summed E-state index contributed by atoms with van der Waals surface area (Å²) in [6, 6.07) is 11.2. The number of imide groups is 1. The maximum Gasteiger partial charge on any atom is 0.290 e. The highest BCUT2D eigenvalue weighted by molar-refractivity contribution is 8.18. The summed E-state index contributed by atoms with van der Waals surface area (Å²) < 4.78 is 7.35. The Morgan fingerprint density at radius 3 is 2.46 bits per heavy atom. The number of amides is 2. The molecule has 2 heterocycles. The molecule has 7 nitrogen and oxygen atoms in total. The fourth-order valence-corrected chi connectivity index (χ4v) is 2.96. The van der Waals surface area contributed by atoms with E-state index in [0.29, 0.717) is 13.2 Å². The molecule has 0 spiro atoms. The summed E-state index contributed by atoms with van der Waals surface area (Å²) in [6.07, 6.45) is 1.78. The van der Waals surface area contributed by atoms with Crippen molar-refractivity contribution in [2.45, 2.75) is 33.2 Å². The molecule has 1 fully saturated rings. The fourth-order valence-electron chi connectivity index (χ4n) is 2.45. The van der Waals surface area contributed by atoms with Crippen LogP contribution in [0, 0.1) is 6.92 Å². The zero-order chi connectivity index (χ0) is 20.5. The lowest BCUT2D eigenvalue weighted by Gasteiger charge is -2.12. The highest BCUT2D eigenvalue weighted by atomic mass is 32.2. The van der Waals surface area contributed by atoms with Crippen molar-refractivity contribution in [1.29, 1.82) is 0 Å². The summed E-state index contributed by atoms with van der Waals surface area (Å²) in [5.74, 6) is 1.28. The van der Waals surface area contributed by atoms with Crippen LogP contribution in [0.25, 0.3) is 0 Å². The molecule has 2 amide bonds. The molecular formula is C20H23N3O4S. The Kier molecular flexibility index (Phi) is 8.01. The number of carbonyl (C=O) groups is 2. The quantitative estimate of drug-likeness (QED) is 0.748. The second kappa shape index (κ2) is 10.5. The summed E-state index contributed by atoms with van der Waals surface area (Å²) in [6.45, 7) is 8.24. The van der Waals surface area contributed by atoms with E-state index in [1.54, 1.807) is 10.6 Å². The molecule has 8 heteroatoms. The fraction of sp³-hybridized carbons (Fsp3) is 0.300. The molecule has 0 unspecified atom stereocenters. The predicted molar refractivity (Wildman–Crippen MR) is 109 cm³/mol. The third-order valence-corrected chi connectivity index (χ3v) is 4.42. The third-order valence-electron chi connectivity index (χ3n) is 3.70. The Morgan fingerprint density at radius 1 is 1.21 bits per heavy atom. The molecule has 0 saturated carbocycles. The molecule has 3 rings (SSSR count). The van der Waals surface area contributed by atoms with Gasteiger partial charge in [-0.3, -0.25) is 24.3 Å². The van der Waals surface area contributed by atoms with Gasteiger partial charge >= 0.3 is 0 Å². The lowest BCUT2D eigenvalue weighted by atomic mass is 10.3. The molecule has 1 aliphatic rings. The summed E-state index contributed by atoms with van der Waals surface area (Å²) in [4.78, 5) is 37.3. The van der Waals surface area contributed by atoms with Crippen molar-refractivity contribution in [3.63, 3.8) is 0 Å². The van der Waals surface area contributed by atoms with Gasteiger partial charge in [-0.1, -0.05) is 31.7 Å². The van der Waals surface area contributed by atoms with E-state index in [-0.39, 0.29) is 21.6 Å². The first-order valence-corrected chi connectivity index (χ1v) is 9.69. The molecule has 1 N–H and O–H groups in total. The molecule has 28 heavy (non-hydrogen) atoms. The molecule has 148 valence electrons. The Balaban J connectivity index is 0.000000292. The van der Waals surface area contributed by atoms with E-state index < -0.39 is 0 Å². The van der Waals surface area contributed by atoms with Gasteiger partial charge in [0.15, 0.2) is 0 Å². The molecule has 1 saturated heterocycles. The minimum absolute atomic E-state index is 0.00221. The predicted octanol–water partition coefficient (Wildman–Crippen LogP) is 3.07. The van der Waals surface area contributed by atoms with Gasteiger partial charge in [-0.2, -0.15) is 0 Å². The number of para-hydroxylation sites is 1. The summed E-state index contributed by atoms with van der Waals surface area (Å²) >= 11 is 0.834. The van der Waals surface area contributed by atoms with E-state index >= 15 is 0 Å². The first-order valence-electron chi connectivity index (χ1n) is 8.88. The van der Waals surface area contributed by atoms with Crippen LogP contribution in [0.15, 0.2) is 52.7 Å². The number of thioether (sulfide) groups is 1. The van der Waals surface area contributed by atoms with Gasteiger partial charge in [0.05, 0.1) is 11.4 Å². The standard InChI is InChI=1S/C16H20N2O2.C4H3NO2S/c1-3-7-15-17-13(2)12-16(19)18(15)10-11-20-14-8-5-4-6-9-14;1-2-3(6)5-4(7)8-2/h4-6,8-9,12H,3,7,10-11H2,1-2H3;1H2,(H,5,6,7). The maximum atomic E-state index is 12.0. The average Bonchev–Trinajstić information content (AvgIpc) is 2.94. The highest BCUT2D eigenvalue weighted by Crippen LogP contribution is 2.19. The smallest absolute Gasteiger partial charge is 0.290 e. The molecule has 1 aromatic heterocycles. The third kappa shape index (κ3) is 6.38. The van der Waals surface area contributed by atoms with Crippen LogP contribution < -0.4 is 15.6 Å². The number of hydrogen-bond acceptors (Lipinski definition) is 6. The minimum Gasteiger partial charge on any atom is -0.492 e. The van der Waals surface area contributed by atoms with Crippen LogP contribution in [0.1, 0.15) is 24.9 Å². The van der Waals surface area contributed by atoms with E-state index in [1.807, 2.05) is 37.3 Å². The van der Waals surface area contributed by atoms with Crippen molar-refractivity contribution in [2.24, 2.45) is 0 Å². The first kappa shape index (κ1) is 21.4. The zero-order valence-corrected chi connectivity index (χ0v) is 16.8. The second-order valence-corrected chi connectivity index (χ2v) is 7.05. The normalized spacial score (nSPS) is 13.0. The summed E-state index contributed by atoms with van der Waals surface area (Å²) in [5.41, 5.74) is 0.774. The number of benzene rings is 1. The largest absolute Gasteiger partial charge is 0.492 e. The van der Waals surface area contributed by atoms with Crippen LogP contribution in [-0.4, -0.2) is 27.3 Å². The highest BCUT2D eigenvalue weighted by Gasteiger charge is 2.22. The number of carbonyl (C=O) groups excluding carboxylic acids is 2. The molecule has 0 aliphatic carbocycles. The molecular weight excluding hydrogens is 378 g/mol. The van der Waals surface area contributed by atoms with Crippen LogP contribution in [0.3, 0.4) is 0 Å². The Hall–Kier alpha value is -2.87. The van der Waals surface area contributed by atoms with Crippen molar-refractivity contribution >= 4 is 22.9 Å².